The topological polar surface area (TPSA) is 0 Å². The number of benzene rings is 3. The molecule has 0 amide bonds. The van der Waals surface area contributed by atoms with Crippen LogP contribution in [0.15, 0.2) is 54.6 Å². The van der Waals surface area contributed by atoms with Gasteiger partial charge in [-0.2, -0.15) is 13.2 Å². The average Bonchev–Trinajstić information content (AvgIpc) is 2.73. The zero-order valence-electron chi connectivity index (χ0n) is 17.3. The van der Waals surface area contributed by atoms with Crippen LogP contribution in [0.2, 0.25) is 0 Å². The van der Waals surface area contributed by atoms with Gasteiger partial charge in [0, 0.05) is 11.5 Å². The molecule has 0 bridgehead atoms. The second kappa shape index (κ2) is 9.95. The van der Waals surface area contributed by atoms with Gasteiger partial charge in [-0.1, -0.05) is 62.1 Å². The van der Waals surface area contributed by atoms with Crippen LogP contribution < -0.4 is 0 Å². The molecule has 32 heavy (non-hydrogen) atoms. The van der Waals surface area contributed by atoms with E-state index in [1.807, 2.05) is 24.3 Å². The highest BCUT2D eigenvalue weighted by molar-refractivity contribution is 5.71. The van der Waals surface area contributed by atoms with Gasteiger partial charge in [0.1, 0.15) is 17.5 Å². The van der Waals surface area contributed by atoms with Crippen molar-refractivity contribution in [1.82, 2.24) is 0 Å². The Morgan fingerprint density at radius 2 is 1.31 bits per heavy atom. The summed E-state index contributed by atoms with van der Waals surface area (Å²) in [7, 11) is 0. The van der Waals surface area contributed by atoms with Crippen LogP contribution in [0.5, 0.6) is 0 Å². The molecule has 3 aromatic carbocycles. The van der Waals surface area contributed by atoms with Crippen LogP contribution >= 0.6 is 0 Å². The van der Waals surface area contributed by atoms with Crippen molar-refractivity contribution in [3.63, 3.8) is 0 Å². The molecule has 0 aliphatic heterocycles. The average molecular weight is 446 g/mol. The van der Waals surface area contributed by atoms with Gasteiger partial charge in [0.15, 0.2) is 0 Å². The van der Waals surface area contributed by atoms with Gasteiger partial charge in [-0.15, -0.1) is 0 Å². The second-order valence-electron chi connectivity index (χ2n) is 7.41. The lowest BCUT2D eigenvalue weighted by Crippen LogP contribution is -2.02. The van der Waals surface area contributed by atoms with Crippen LogP contribution in [-0.2, 0) is 6.42 Å². The normalized spacial score (nSPS) is 11.2. The van der Waals surface area contributed by atoms with E-state index in [2.05, 4.69) is 6.92 Å². The van der Waals surface area contributed by atoms with Crippen molar-refractivity contribution >= 4 is 0 Å². The summed E-state index contributed by atoms with van der Waals surface area (Å²) < 4.78 is 79.7. The monoisotopic (exact) mass is 446 g/mol. The third-order valence-corrected chi connectivity index (χ3v) is 5.01. The molecule has 0 nitrogen and oxygen atoms in total. The van der Waals surface area contributed by atoms with Crippen molar-refractivity contribution in [2.75, 3.05) is 0 Å². The SMILES string of the molecule is CCCCCc1ccc(-c2ccc(-c3cc(F)c(C#CC(F)(F)F)c(F)c3)c(F)c2)cc1. The highest BCUT2D eigenvalue weighted by atomic mass is 19.4. The summed E-state index contributed by atoms with van der Waals surface area (Å²) >= 11 is 0. The number of aryl methyl sites for hydroxylation is 1. The van der Waals surface area contributed by atoms with E-state index in [4.69, 9.17) is 0 Å². The fourth-order valence-corrected chi connectivity index (χ4v) is 3.35. The Kier molecular flexibility index (Phi) is 7.29. The number of alkyl halides is 3. The van der Waals surface area contributed by atoms with Gasteiger partial charge in [0.05, 0.1) is 5.56 Å². The zero-order chi connectivity index (χ0) is 23.3. The van der Waals surface area contributed by atoms with Crippen molar-refractivity contribution in [1.29, 1.82) is 0 Å². The molecular formula is C26H20F6. The van der Waals surface area contributed by atoms with Gasteiger partial charge in [0.2, 0.25) is 0 Å². The van der Waals surface area contributed by atoms with E-state index in [1.165, 1.54) is 23.6 Å². The van der Waals surface area contributed by atoms with E-state index < -0.39 is 29.2 Å². The second-order valence-corrected chi connectivity index (χ2v) is 7.41. The molecule has 0 unspecified atom stereocenters. The minimum absolute atomic E-state index is 0.0712. The van der Waals surface area contributed by atoms with Crippen molar-refractivity contribution in [3.05, 3.63) is 83.2 Å². The summed E-state index contributed by atoms with van der Waals surface area (Å²) in [6.45, 7) is 2.14. The summed E-state index contributed by atoms with van der Waals surface area (Å²) in [5.41, 5.74) is 1.37. The van der Waals surface area contributed by atoms with Gasteiger partial charge in [-0.05, 0) is 53.3 Å². The number of hydrogen-bond acceptors (Lipinski definition) is 0. The van der Waals surface area contributed by atoms with E-state index in [-0.39, 0.29) is 11.1 Å². The molecular weight excluding hydrogens is 426 g/mol. The van der Waals surface area contributed by atoms with Gasteiger partial charge < -0.3 is 0 Å². The van der Waals surface area contributed by atoms with Crippen LogP contribution in [0.3, 0.4) is 0 Å². The maximum Gasteiger partial charge on any atom is 0.458 e. The fourth-order valence-electron chi connectivity index (χ4n) is 3.35. The third kappa shape index (κ3) is 5.94. The first kappa shape index (κ1) is 23.5. The summed E-state index contributed by atoms with van der Waals surface area (Å²) in [4.78, 5) is 0. The predicted octanol–water partition coefficient (Wildman–Crippen LogP) is 8.08. The van der Waals surface area contributed by atoms with Gasteiger partial charge in [-0.3, -0.25) is 0 Å². The predicted molar refractivity (Wildman–Crippen MR) is 113 cm³/mol. The molecule has 166 valence electrons. The minimum atomic E-state index is -4.88. The van der Waals surface area contributed by atoms with Crippen LogP contribution in [0, 0.1) is 29.3 Å². The maximum absolute atomic E-state index is 14.8. The van der Waals surface area contributed by atoms with E-state index >= 15 is 0 Å². The first-order valence-corrected chi connectivity index (χ1v) is 10.2. The highest BCUT2D eigenvalue weighted by Crippen LogP contribution is 2.30. The zero-order valence-corrected chi connectivity index (χ0v) is 17.3. The lowest BCUT2D eigenvalue weighted by molar-refractivity contribution is -0.0696. The molecule has 0 N–H and O–H groups in total. The first-order chi connectivity index (χ1) is 15.2. The summed E-state index contributed by atoms with van der Waals surface area (Å²) in [5.74, 6) is -1.01. The van der Waals surface area contributed by atoms with Gasteiger partial charge in [-0.25, -0.2) is 13.2 Å². The Morgan fingerprint density at radius 3 is 1.88 bits per heavy atom. The van der Waals surface area contributed by atoms with E-state index in [9.17, 15) is 26.3 Å². The van der Waals surface area contributed by atoms with Crippen LogP contribution in [-0.4, -0.2) is 6.18 Å². The smallest absolute Gasteiger partial charge is 0.206 e. The van der Waals surface area contributed by atoms with E-state index in [0.29, 0.717) is 5.56 Å². The Balaban J connectivity index is 1.86. The molecule has 0 radical (unpaired) electrons. The molecule has 3 aromatic rings. The van der Waals surface area contributed by atoms with E-state index in [0.717, 1.165) is 49.3 Å². The molecule has 0 saturated carbocycles. The molecule has 0 atom stereocenters. The largest absolute Gasteiger partial charge is 0.458 e. The Morgan fingerprint density at radius 1 is 0.719 bits per heavy atom. The summed E-state index contributed by atoms with van der Waals surface area (Å²) in [5, 5.41) is 0. The maximum atomic E-state index is 14.8. The molecule has 0 aromatic heterocycles. The Hall–Kier alpha value is -3.20. The molecule has 0 fully saturated rings. The lowest BCUT2D eigenvalue weighted by Gasteiger charge is -2.09. The van der Waals surface area contributed by atoms with Crippen molar-refractivity contribution < 1.29 is 26.3 Å². The molecule has 0 aliphatic carbocycles. The molecule has 6 heteroatoms. The number of halogens is 6. The number of rotatable bonds is 6. The van der Waals surface area contributed by atoms with Crippen molar-refractivity contribution in [3.8, 4) is 34.1 Å². The molecule has 0 heterocycles. The first-order valence-electron chi connectivity index (χ1n) is 10.2. The molecule has 0 spiro atoms. The quantitative estimate of drug-likeness (QED) is 0.204. The lowest BCUT2D eigenvalue weighted by atomic mass is 9.97. The third-order valence-electron chi connectivity index (χ3n) is 5.01. The van der Waals surface area contributed by atoms with Crippen molar-refractivity contribution in [2.45, 2.75) is 38.8 Å². The summed E-state index contributed by atoms with van der Waals surface area (Å²) in [6.07, 6.45) is -0.505. The van der Waals surface area contributed by atoms with Crippen molar-refractivity contribution in [2.24, 2.45) is 0 Å². The number of unbranched alkanes of at least 4 members (excludes halogenated alkanes) is 2. The number of hydrogen-bond donors (Lipinski definition) is 0. The molecule has 3 rings (SSSR count). The van der Waals surface area contributed by atoms with Crippen LogP contribution in [0.25, 0.3) is 22.3 Å². The molecule has 0 saturated heterocycles. The molecule has 0 aliphatic rings. The minimum Gasteiger partial charge on any atom is -0.206 e. The Bertz CT molecular complexity index is 1120. The fraction of sp³-hybridized carbons (Fsp3) is 0.231. The standard InChI is InChI=1S/C26H20F6/c1-2-3-4-5-17-6-8-18(9-7-17)19-10-11-21(23(27)14-19)20-15-24(28)22(25(29)16-20)12-13-26(30,31)32/h6-11,14-16H,2-5H2,1H3. The van der Waals surface area contributed by atoms with Crippen LogP contribution in [0.1, 0.15) is 37.3 Å². The van der Waals surface area contributed by atoms with Gasteiger partial charge in [0.25, 0.3) is 0 Å². The van der Waals surface area contributed by atoms with Gasteiger partial charge >= 0.3 is 6.18 Å². The highest BCUT2D eigenvalue weighted by Gasteiger charge is 2.23. The van der Waals surface area contributed by atoms with Crippen LogP contribution in [0.4, 0.5) is 26.3 Å². The summed E-state index contributed by atoms with van der Waals surface area (Å²) in [6, 6.07) is 13.6. The Labute approximate surface area is 182 Å². The van der Waals surface area contributed by atoms with E-state index in [1.54, 1.807) is 6.07 Å².